The van der Waals surface area contributed by atoms with Crippen molar-refractivity contribution in [3.05, 3.63) is 84.1 Å². The van der Waals surface area contributed by atoms with E-state index in [0.29, 0.717) is 18.2 Å². The molecule has 1 aliphatic rings. The lowest BCUT2D eigenvalue weighted by Crippen LogP contribution is -2.23. The van der Waals surface area contributed by atoms with Crippen LogP contribution in [-0.4, -0.2) is 21.4 Å². The summed E-state index contributed by atoms with van der Waals surface area (Å²) in [6.45, 7) is 4.10. The third-order valence-corrected chi connectivity index (χ3v) is 6.97. The monoisotopic (exact) mass is 467 g/mol. The van der Waals surface area contributed by atoms with Gasteiger partial charge < -0.3 is 10.1 Å². The molecule has 0 spiro atoms. The van der Waals surface area contributed by atoms with Gasteiger partial charge >= 0.3 is 5.97 Å². The van der Waals surface area contributed by atoms with Crippen molar-refractivity contribution < 1.29 is 9.53 Å². The number of nitrogens with zero attached hydrogens (tertiary/aromatic N) is 2. The number of esters is 1. The maximum atomic E-state index is 12.9. The summed E-state index contributed by atoms with van der Waals surface area (Å²) in [4.78, 5) is 17.8. The molecule has 180 valence electrons. The van der Waals surface area contributed by atoms with Crippen molar-refractivity contribution in [2.45, 2.75) is 64.3 Å². The first-order valence-electron chi connectivity index (χ1n) is 12.7. The Morgan fingerprint density at radius 2 is 1.80 bits per heavy atom. The van der Waals surface area contributed by atoms with E-state index >= 15 is 0 Å². The lowest BCUT2D eigenvalue weighted by molar-refractivity contribution is -0.136. The fourth-order valence-electron chi connectivity index (χ4n) is 5.02. The lowest BCUT2D eigenvalue weighted by atomic mass is 9.95. The zero-order valence-corrected chi connectivity index (χ0v) is 20.5. The number of rotatable bonds is 7. The number of carbonyl (C=O) groups is 1. The fourth-order valence-corrected chi connectivity index (χ4v) is 5.02. The van der Waals surface area contributed by atoms with E-state index in [1.54, 1.807) is 0 Å². The molecule has 1 atom stereocenters. The number of aromatic nitrogens is 2. The van der Waals surface area contributed by atoms with Crippen LogP contribution in [0.5, 0.6) is 5.75 Å². The molecule has 0 saturated heterocycles. The molecule has 0 radical (unpaired) electrons. The van der Waals surface area contributed by atoms with Crippen molar-refractivity contribution in [2.24, 2.45) is 0 Å². The van der Waals surface area contributed by atoms with Gasteiger partial charge in [0.2, 0.25) is 0 Å². The Hall–Kier alpha value is -3.60. The number of fused-ring (bicyclic) bond motifs is 1. The van der Waals surface area contributed by atoms with Gasteiger partial charge in [-0.15, -0.1) is 0 Å². The summed E-state index contributed by atoms with van der Waals surface area (Å²) in [6, 6.07) is 22.2. The van der Waals surface area contributed by atoms with Crippen LogP contribution in [0.15, 0.2) is 72.9 Å². The van der Waals surface area contributed by atoms with Gasteiger partial charge in [-0.05, 0) is 73.7 Å². The van der Waals surface area contributed by atoms with Gasteiger partial charge in [-0.2, -0.15) is 0 Å². The zero-order chi connectivity index (χ0) is 24.2. The number of nitrogens with one attached hydrogen (secondary N) is 1. The molecule has 1 N–H and O–H groups in total. The van der Waals surface area contributed by atoms with Gasteiger partial charge in [-0.1, -0.05) is 56.5 Å². The van der Waals surface area contributed by atoms with E-state index in [1.165, 1.54) is 37.7 Å². The van der Waals surface area contributed by atoms with Crippen molar-refractivity contribution in [2.75, 3.05) is 5.32 Å². The first-order chi connectivity index (χ1) is 17.1. The molecule has 1 fully saturated rings. The summed E-state index contributed by atoms with van der Waals surface area (Å²) in [5.74, 6) is 1.08. The van der Waals surface area contributed by atoms with Crippen LogP contribution in [0.2, 0.25) is 0 Å². The van der Waals surface area contributed by atoms with Gasteiger partial charge in [-0.3, -0.25) is 9.20 Å². The van der Waals surface area contributed by atoms with Crippen molar-refractivity contribution >= 4 is 17.4 Å². The van der Waals surface area contributed by atoms with E-state index in [-0.39, 0.29) is 11.9 Å². The van der Waals surface area contributed by atoms with Crippen molar-refractivity contribution in [1.82, 2.24) is 9.38 Å². The first-order valence-corrected chi connectivity index (χ1v) is 12.7. The van der Waals surface area contributed by atoms with E-state index in [9.17, 15) is 4.79 Å². The molecule has 0 bridgehead atoms. The standard InChI is InChI=1S/C30H33N3O2/c1-3-26(22-10-6-4-7-11-22)30(34)35-25-16-14-23(15-17-25)28-29(31-24-12-8-5-9-13-24)33-19-18-21(2)20-27(33)32-28/h4,6-7,10-11,14-20,24,26,31H,3,5,8-9,12-13H2,1-2H3. The Morgan fingerprint density at radius 3 is 2.51 bits per heavy atom. The van der Waals surface area contributed by atoms with Gasteiger partial charge in [0, 0.05) is 17.8 Å². The second kappa shape index (κ2) is 10.3. The summed E-state index contributed by atoms with van der Waals surface area (Å²) >= 11 is 0. The molecule has 5 rings (SSSR count). The van der Waals surface area contributed by atoms with E-state index in [4.69, 9.17) is 9.72 Å². The molecule has 4 aromatic rings. The maximum Gasteiger partial charge on any atom is 0.318 e. The topological polar surface area (TPSA) is 55.6 Å². The highest BCUT2D eigenvalue weighted by molar-refractivity contribution is 5.81. The second-order valence-electron chi connectivity index (χ2n) is 9.54. The number of imidazole rings is 1. The normalized spacial score (nSPS) is 15.1. The van der Waals surface area contributed by atoms with E-state index in [1.807, 2.05) is 61.5 Å². The van der Waals surface area contributed by atoms with Crippen LogP contribution in [0.1, 0.15) is 62.5 Å². The number of hydrogen-bond donors (Lipinski definition) is 1. The SMILES string of the molecule is CCC(C(=O)Oc1ccc(-c2nc3cc(C)ccn3c2NC2CCCCC2)cc1)c1ccccc1. The summed E-state index contributed by atoms with van der Waals surface area (Å²) < 4.78 is 7.91. The van der Waals surface area contributed by atoms with Crippen LogP contribution in [0.3, 0.4) is 0 Å². The molecule has 35 heavy (non-hydrogen) atoms. The lowest BCUT2D eigenvalue weighted by Gasteiger charge is -2.24. The average molecular weight is 468 g/mol. The third kappa shape index (κ3) is 5.09. The van der Waals surface area contributed by atoms with Crippen molar-refractivity contribution in [1.29, 1.82) is 0 Å². The first kappa shape index (κ1) is 23.2. The summed E-state index contributed by atoms with van der Waals surface area (Å²) in [7, 11) is 0. The highest BCUT2D eigenvalue weighted by Gasteiger charge is 2.22. The molecule has 1 saturated carbocycles. The molecule has 1 aliphatic carbocycles. The van der Waals surface area contributed by atoms with Gasteiger partial charge in [0.25, 0.3) is 0 Å². The molecule has 0 amide bonds. The summed E-state index contributed by atoms with van der Waals surface area (Å²) in [5.41, 5.74) is 5.02. The van der Waals surface area contributed by atoms with E-state index in [0.717, 1.165) is 28.3 Å². The molecular weight excluding hydrogens is 434 g/mol. The maximum absolute atomic E-state index is 12.9. The molecule has 2 heterocycles. The number of pyridine rings is 1. The Bertz CT molecular complexity index is 1290. The number of benzene rings is 2. The molecule has 5 nitrogen and oxygen atoms in total. The van der Waals surface area contributed by atoms with Crippen molar-refractivity contribution in [3.63, 3.8) is 0 Å². The summed E-state index contributed by atoms with van der Waals surface area (Å²) in [6.07, 6.45) is 9.02. The summed E-state index contributed by atoms with van der Waals surface area (Å²) in [5, 5.41) is 3.79. The molecular formula is C30H33N3O2. The van der Waals surface area contributed by atoms with Gasteiger partial charge in [0.15, 0.2) is 0 Å². The Morgan fingerprint density at radius 1 is 1.06 bits per heavy atom. The van der Waals surface area contributed by atoms with E-state index < -0.39 is 0 Å². The van der Waals surface area contributed by atoms with Crippen LogP contribution >= 0.6 is 0 Å². The number of aryl methyl sites for hydroxylation is 1. The second-order valence-corrected chi connectivity index (χ2v) is 9.54. The average Bonchev–Trinajstić information content (AvgIpc) is 3.23. The number of ether oxygens (including phenoxy) is 1. The highest BCUT2D eigenvalue weighted by Crippen LogP contribution is 2.33. The predicted molar refractivity (Wildman–Crippen MR) is 141 cm³/mol. The van der Waals surface area contributed by atoms with Gasteiger partial charge in [0.1, 0.15) is 22.9 Å². The Balaban J connectivity index is 1.40. The largest absolute Gasteiger partial charge is 0.426 e. The van der Waals surface area contributed by atoms with Crippen LogP contribution in [0.4, 0.5) is 5.82 Å². The molecule has 5 heteroatoms. The van der Waals surface area contributed by atoms with Crippen LogP contribution in [0.25, 0.3) is 16.9 Å². The Kier molecular flexibility index (Phi) is 6.84. The zero-order valence-electron chi connectivity index (χ0n) is 20.5. The highest BCUT2D eigenvalue weighted by atomic mass is 16.5. The fraction of sp³-hybridized carbons (Fsp3) is 0.333. The minimum absolute atomic E-state index is 0.227. The van der Waals surface area contributed by atoms with Gasteiger partial charge in [0.05, 0.1) is 5.92 Å². The molecule has 1 unspecified atom stereocenters. The molecule has 0 aliphatic heterocycles. The van der Waals surface area contributed by atoms with E-state index in [2.05, 4.69) is 35.0 Å². The predicted octanol–water partition coefficient (Wildman–Crippen LogP) is 7.15. The van der Waals surface area contributed by atoms with Gasteiger partial charge in [-0.25, -0.2) is 4.98 Å². The minimum Gasteiger partial charge on any atom is -0.426 e. The number of hydrogen-bond acceptors (Lipinski definition) is 4. The Labute approximate surface area is 207 Å². The quantitative estimate of drug-likeness (QED) is 0.232. The molecule has 2 aromatic carbocycles. The van der Waals surface area contributed by atoms with Crippen LogP contribution in [-0.2, 0) is 4.79 Å². The molecule has 2 aromatic heterocycles. The smallest absolute Gasteiger partial charge is 0.318 e. The number of carbonyl (C=O) groups excluding carboxylic acids is 1. The van der Waals surface area contributed by atoms with Crippen LogP contribution in [0, 0.1) is 6.92 Å². The minimum atomic E-state index is -0.274. The van der Waals surface area contributed by atoms with Crippen LogP contribution < -0.4 is 10.1 Å². The number of anilines is 1. The third-order valence-electron chi connectivity index (χ3n) is 6.97. The van der Waals surface area contributed by atoms with Crippen molar-refractivity contribution in [3.8, 4) is 17.0 Å².